The molecule has 0 bridgehead atoms. The maximum Gasteiger partial charge on any atom is 0.220 e. The Hall–Kier alpha value is -0.610. The van der Waals surface area contributed by atoms with Crippen molar-refractivity contribution in [2.75, 3.05) is 6.61 Å². The van der Waals surface area contributed by atoms with Crippen LogP contribution in [0.1, 0.15) is 284 Å². The van der Waals surface area contributed by atoms with Crippen LogP contribution in [-0.2, 0) is 4.79 Å². The number of unbranched alkanes of at least 4 members (excludes halogenated alkanes) is 38. The van der Waals surface area contributed by atoms with E-state index in [1.165, 1.54) is 231 Å². The van der Waals surface area contributed by atoms with Gasteiger partial charge in [-0.3, -0.25) is 4.79 Å². The first-order chi connectivity index (χ1) is 25.7. The van der Waals surface area contributed by atoms with Crippen LogP contribution in [0.25, 0.3) is 0 Å². The molecule has 0 aromatic heterocycles. The molecule has 1 amide bonds. The molecule has 0 spiro atoms. The van der Waals surface area contributed by atoms with E-state index in [-0.39, 0.29) is 12.5 Å². The van der Waals surface area contributed by atoms with E-state index >= 15 is 0 Å². The Balaban J connectivity index is 3.41. The smallest absolute Gasteiger partial charge is 0.220 e. The van der Waals surface area contributed by atoms with E-state index in [0.29, 0.717) is 12.8 Å². The van der Waals surface area contributed by atoms with Gasteiger partial charge in [-0.15, -0.1) is 0 Å². The lowest BCUT2D eigenvalue weighted by Gasteiger charge is -2.22. The predicted octanol–water partition coefficient (Wildman–Crippen LogP) is 15.2. The molecule has 0 radical (unpaired) electrons. The molecule has 0 fully saturated rings. The van der Waals surface area contributed by atoms with Crippen LogP contribution in [0, 0.1) is 0 Å². The fraction of sp³-hybridized carbons (Fsp3) is 0.979. The van der Waals surface area contributed by atoms with Gasteiger partial charge in [-0.2, -0.15) is 0 Å². The molecule has 0 saturated carbocycles. The summed E-state index contributed by atoms with van der Waals surface area (Å²) < 4.78 is 0. The van der Waals surface area contributed by atoms with Gasteiger partial charge in [0.25, 0.3) is 0 Å². The van der Waals surface area contributed by atoms with Crippen LogP contribution < -0.4 is 5.32 Å². The van der Waals surface area contributed by atoms with E-state index < -0.39 is 12.1 Å². The first-order valence-corrected chi connectivity index (χ1v) is 24.2. The Kier molecular flexibility index (Phi) is 44.3. The number of carbonyl (C=O) groups excluding carboxylic acids is 1. The Morgan fingerprint density at radius 2 is 0.615 bits per heavy atom. The van der Waals surface area contributed by atoms with Crippen LogP contribution in [0.4, 0.5) is 0 Å². The predicted molar refractivity (Wildman–Crippen MR) is 230 cm³/mol. The van der Waals surface area contributed by atoms with E-state index in [4.69, 9.17) is 0 Å². The second-order valence-corrected chi connectivity index (χ2v) is 16.9. The van der Waals surface area contributed by atoms with Gasteiger partial charge < -0.3 is 15.5 Å². The normalized spacial score (nSPS) is 12.8. The number of aliphatic hydroxyl groups is 2. The van der Waals surface area contributed by atoms with Gasteiger partial charge in [-0.1, -0.05) is 264 Å². The van der Waals surface area contributed by atoms with Crippen molar-refractivity contribution in [2.24, 2.45) is 0 Å². The third kappa shape index (κ3) is 40.6. The lowest BCUT2D eigenvalue weighted by Crippen LogP contribution is -2.45. The molecule has 0 aliphatic rings. The summed E-state index contributed by atoms with van der Waals surface area (Å²) >= 11 is 0. The zero-order valence-electron chi connectivity index (χ0n) is 35.9. The van der Waals surface area contributed by atoms with Crippen molar-refractivity contribution < 1.29 is 15.0 Å². The van der Waals surface area contributed by atoms with Crippen LogP contribution in [-0.4, -0.2) is 34.9 Å². The fourth-order valence-corrected chi connectivity index (χ4v) is 7.89. The lowest BCUT2D eigenvalue weighted by atomic mass is 10.0. The van der Waals surface area contributed by atoms with Crippen molar-refractivity contribution in [1.29, 1.82) is 0 Å². The SMILES string of the molecule is CCCCCCCCCCCCCCCCCCCCCCCCCCCC(=O)NC(CO)C(O)CCCCCCCCCCCCCCCCC. The average Bonchev–Trinajstić information content (AvgIpc) is 3.15. The van der Waals surface area contributed by atoms with Crippen molar-refractivity contribution in [3.63, 3.8) is 0 Å². The van der Waals surface area contributed by atoms with Gasteiger partial charge in [0.2, 0.25) is 5.91 Å². The fourth-order valence-electron chi connectivity index (χ4n) is 7.89. The minimum absolute atomic E-state index is 0.0244. The molecule has 4 nitrogen and oxygen atoms in total. The Labute approximate surface area is 327 Å². The van der Waals surface area contributed by atoms with Crippen LogP contribution >= 0.6 is 0 Å². The number of hydrogen-bond acceptors (Lipinski definition) is 3. The summed E-state index contributed by atoms with van der Waals surface area (Å²) in [5, 5.41) is 23.2. The quantitative estimate of drug-likeness (QED) is 0.0545. The van der Waals surface area contributed by atoms with Crippen molar-refractivity contribution in [3.05, 3.63) is 0 Å². The summed E-state index contributed by atoms with van der Waals surface area (Å²) in [5.41, 5.74) is 0. The second-order valence-electron chi connectivity index (χ2n) is 16.9. The minimum atomic E-state index is -0.653. The van der Waals surface area contributed by atoms with Crippen molar-refractivity contribution in [2.45, 2.75) is 296 Å². The molecular formula is C48H97NO3. The molecule has 2 atom stereocenters. The molecule has 0 aromatic rings. The van der Waals surface area contributed by atoms with Gasteiger partial charge >= 0.3 is 0 Å². The number of nitrogens with one attached hydrogen (secondary N) is 1. The minimum Gasteiger partial charge on any atom is -0.394 e. The summed E-state index contributed by atoms with van der Waals surface area (Å²) in [5.74, 6) is -0.0244. The van der Waals surface area contributed by atoms with Gasteiger partial charge in [-0.05, 0) is 12.8 Å². The molecule has 2 unspecified atom stereocenters. The molecule has 4 heteroatoms. The monoisotopic (exact) mass is 736 g/mol. The van der Waals surface area contributed by atoms with E-state index in [1.54, 1.807) is 0 Å². The summed E-state index contributed by atoms with van der Waals surface area (Å²) in [6.07, 6.45) is 54.9. The maximum atomic E-state index is 12.4. The number of carbonyl (C=O) groups is 1. The third-order valence-corrected chi connectivity index (χ3v) is 11.6. The Morgan fingerprint density at radius 1 is 0.385 bits per heavy atom. The summed E-state index contributed by atoms with van der Waals surface area (Å²) in [4.78, 5) is 12.4. The highest BCUT2D eigenvalue weighted by molar-refractivity contribution is 5.76. The van der Waals surface area contributed by atoms with Gasteiger partial charge in [0, 0.05) is 6.42 Å². The topological polar surface area (TPSA) is 69.6 Å². The van der Waals surface area contributed by atoms with Gasteiger partial charge in [-0.25, -0.2) is 0 Å². The van der Waals surface area contributed by atoms with E-state index in [2.05, 4.69) is 19.2 Å². The lowest BCUT2D eigenvalue weighted by molar-refractivity contribution is -0.123. The first-order valence-electron chi connectivity index (χ1n) is 24.2. The van der Waals surface area contributed by atoms with Gasteiger partial charge in [0.1, 0.15) is 0 Å². The molecule has 52 heavy (non-hydrogen) atoms. The second kappa shape index (κ2) is 44.8. The standard InChI is InChI=1S/C48H97NO3/c1-3-5-7-9-11-13-15-17-19-20-21-22-23-24-25-26-27-28-30-32-34-36-38-40-42-44-48(52)49-46(45-50)47(51)43-41-39-37-35-33-31-29-18-16-14-12-10-8-6-4-2/h46-47,50-51H,3-45H2,1-2H3,(H,49,52). The van der Waals surface area contributed by atoms with Crippen LogP contribution in [0.15, 0.2) is 0 Å². The molecule has 0 heterocycles. The Morgan fingerprint density at radius 3 is 0.865 bits per heavy atom. The van der Waals surface area contributed by atoms with E-state index in [9.17, 15) is 15.0 Å². The highest BCUT2D eigenvalue weighted by atomic mass is 16.3. The number of rotatable bonds is 45. The average molecular weight is 736 g/mol. The van der Waals surface area contributed by atoms with Gasteiger partial charge in [0.15, 0.2) is 0 Å². The molecular weight excluding hydrogens is 639 g/mol. The molecule has 0 aliphatic heterocycles. The number of hydrogen-bond donors (Lipinski definition) is 3. The maximum absolute atomic E-state index is 12.4. The molecule has 0 aromatic carbocycles. The summed E-state index contributed by atoms with van der Waals surface area (Å²) in [6.45, 7) is 4.39. The summed E-state index contributed by atoms with van der Waals surface area (Å²) in [6, 6.07) is -0.529. The van der Waals surface area contributed by atoms with Crippen molar-refractivity contribution in [3.8, 4) is 0 Å². The van der Waals surface area contributed by atoms with Crippen molar-refractivity contribution >= 4 is 5.91 Å². The molecule has 0 aliphatic carbocycles. The van der Waals surface area contributed by atoms with Crippen LogP contribution in [0.3, 0.4) is 0 Å². The van der Waals surface area contributed by atoms with Crippen LogP contribution in [0.5, 0.6) is 0 Å². The van der Waals surface area contributed by atoms with Crippen LogP contribution in [0.2, 0.25) is 0 Å². The highest BCUT2D eigenvalue weighted by Gasteiger charge is 2.20. The number of amides is 1. The summed E-state index contributed by atoms with van der Waals surface area (Å²) in [7, 11) is 0. The first kappa shape index (κ1) is 51.4. The third-order valence-electron chi connectivity index (χ3n) is 11.6. The zero-order valence-corrected chi connectivity index (χ0v) is 35.9. The largest absolute Gasteiger partial charge is 0.394 e. The van der Waals surface area contributed by atoms with Gasteiger partial charge in [0.05, 0.1) is 18.8 Å². The number of aliphatic hydroxyl groups excluding tert-OH is 2. The zero-order chi connectivity index (χ0) is 37.8. The molecule has 3 N–H and O–H groups in total. The highest BCUT2D eigenvalue weighted by Crippen LogP contribution is 2.17. The van der Waals surface area contributed by atoms with E-state index in [0.717, 1.165) is 25.7 Å². The molecule has 0 saturated heterocycles. The van der Waals surface area contributed by atoms with E-state index in [1.807, 2.05) is 0 Å². The Bertz CT molecular complexity index is 670. The van der Waals surface area contributed by atoms with Crippen molar-refractivity contribution in [1.82, 2.24) is 5.32 Å². The molecule has 0 rings (SSSR count). The molecule has 312 valence electrons.